The van der Waals surface area contributed by atoms with E-state index in [0.717, 1.165) is 36.5 Å². The van der Waals surface area contributed by atoms with Crippen molar-refractivity contribution in [2.24, 2.45) is 0 Å². The average molecular weight is 481 g/mol. The lowest BCUT2D eigenvalue weighted by atomic mass is 9.79. The Morgan fingerprint density at radius 3 is 2.39 bits per heavy atom. The van der Waals surface area contributed by atoms with Gasteiger partial charge in [-0.25, -0.2) is 0 Å². The number of hydrogen-bond donors (Lipinski definition) is 3. The second kappa shape index (κ2) is 9.06. The van der Waals surface area contributed by atoms with Gasteiger partial charge in [0.2, 0.25) is 5.13 Å². The van der Waals surface area contributed by atoms with Gasteiger partial charge in [0.25, 0.3) is 0 Å². The van der Waals surface area contributed by atoms with E-state index in [1.807, 2.05) is 11.9 Å². The van der Waals surface area contributed by atoms with Crippen molar-refractivity contribution >= 4 is 28.3 Å². The summed E-state index contributed by atoms with van der Waals surface area (Å²) in [5.41, 5.74) is -0.289. The highest BCUT2D eigenvalue weighted by molar-refractivity contribution is 7.18. The van der Waals surface area contributed by atoms with Gasteiger partial charge in [0.15, 0.2) is 0 Å². The molecule has 0 aliphatic carbocycles. The SMILES string of the molecule is CN/C=C(\C=N)c1ccc(-c2nnc(N(C)C3CC(C)(C)NC(C)(C)C3)s2)c(C(F)(F)F)c1. The zero-order valence-corrected chi connectivity index (χ0v) is 20.6. The summed E-state index contributed by atoms with van der Waals surface area (Å²) in [5, 5.41) is 23.1. The molecule has 0 saturated carbocycles. The maximum Gasteiger partial charge on any atom is 0.417 e. The van der Waals surface area contributed by atoms with E-state index in [-0.39, 0.29) is 27.7 Å². The summed E-state index contributed by atoms with van der Waals surface area (Å²) >= 11 is 1.16. The summed E-state index contributed by atoms with van der Waals surface area (Å²) in [6, 6.07) is 4.23. The maximum atomic E-state index is 13.9. The Balaban J connectivity index is 1.96. The Morgan fingerprint density at radius 1 is 1.21 bits per heavy atom. The number of nitrogens with zero attached hydrogens (tertiary/aromatic N) is 3. The van der Waals surface area contributed by atoms with Crippen LogP contribution in [0.1, 0.15) is 51.7 Å². The third kappa shape index (κ3) is 5.73. The molecule has 2 heterocycles. The fourth-order valence-electron chi connectivity index (χ4n) is 4.67. The summed E-state index contributed by atoms with van der Waals surface area (Å²) in [4.78, 5) is 2.04. The molecule has 3 N–H and O–H groups in total. The van der Waals surface area contributed by atoms with Crippen molar-refractivity contribution in [2.75, 3.05) is 19.0 Å². The molecule has 2 aromatic rings. The zero-order chi connectivity index (χ0) is 24.6. The quantitative estimate of drug-likeness (QED) is 0.497. The summed E-state index contributed by atoms with van der Waals surface area (Å²) in [6.07, 6.45) is -0.296. The topological polar surface area (TPSA) is 76.9 Å². The van der Waals surface area contributed by atoms with Crippen molar-refractivity contribution in [3.05, 3.63) is 35.5 Å². The largest absolute Gasteiger partial charge is 0.417 e. The smallest absolute Gasteiger partial charge is 0.393 e. The van der Waals surface area contributed by atoms with Crippen LogP contribution >= 0.6 is 11.3 Å². The molecule has 1 fully saturated rings. The highest BCUT2D eigenvalue weighted by Gasteiger charge is 2.40. The van der Waals surface area contributed by atoms with Crippen molar-refractivity contribution in [1.29, 1.82) is 5.41 Å². The lowest BCUT2D eigenvalue weighted by molar-refractivity contribution is -0.137. The van der Waals surface area contributed by atoms with E-state index in [0.29, 0.717) is 16.3 Å². The molecule has 0 atom stereocenters. The molecule has 0 spiro atoms. The summed E-state index contributed by atoms with van der Waals surface area (Å²) in [6.45, 7) is 8.62. The number of anilines is 1. The minimum absolute atomic E-state index is 0.0110. The van der Waals surface area contributed by atoms with Crippen molar-refractivity contribution < 1.29 is 13.2 Å². The average Bonchev–Trinajstić information content (AvgIpc) is 3.18. The lowest BCUT2D eigenvalue weighted by Gasteiger charge is -2.48. The number of piperidine rings is 1. The molecular formula is C23H31F3N6S. The van der Waals surface area contributed by atoms with Crippen LogP contribution < -0.4 is 15.5 Å². The molecule has 1 saturated heterocycles. The van der Waals surface area contributed by atoms with Crippen LogP contribution in [0.15, 0.2) is 24.4 Å². The van der Waals surface area contributed by atoms with Crippen molar-refractivity contribution in [3.8, 4) is 10.6 Å². The normalized spacial score (nSPS) is 18.8. The van der Waals surface area contributed by atoms with Gasteiger partial charge in [-0.2, -0.15) is 13.2 Å². The first-order valence-corrected chi connectivity index (χ1v) is 11.5. The van der Waals surface area contributed by atoms with Crippen molar-refractivity contribution in [1.82, 2.24) is 20.8 Å². The molecule has 1 aliphatic rings. The number of nitrogens with one attached hydrogen (secondary N) is 3. The summed E-state index contributed by atoms with van der Waals surface area (Å²) in [5.74, 6) is 0. The molecule has 0 radical (unpaired) electrons. The van der Waals surface area contributed by atoms with E-state index in [4.69, 9.17) is 5.41 Å². The molecule has 0 unspecified atom stereocenters. The standard InChI is InChI=1S/C23H31F3N6S/c1-21(2)10-16(11-22(3,4)31-21)32(6)20-30-29-19(33-20)17-8-7-14(15(12-27)13-28-5)9-18(17)23(24,25)26/h7-9,12-13,16,27-28,31H,10-11H2,1-6H3/b15-13+,27-12?. The number of hydrogen-bond acceptors (Lipinski definition) is 7. The predicted molar refractivity (Wildman–Crippen MR) is 129 cm³/mol. The predicted octanol–water partition coefficient (Wildman–Crippen LogP) is 5.18. The highest BCUT2D eigenvalue weighted by Crippen LogP contribution is 2.41. The molecule has 0 amide bonds. The van der Waals surface area contributed by atoms with Crippen molar-refractivity contribution in [3.63, 3.8) is 0 Å². The van der Waals surface area contributed by atoms with E-state index in [9.17, 15) is 13.2 Å². The molecule has 33 heavy (non-hydrogen) atoms. The lowest BCUT2D eigenvalue weighted by Crippen LogP contribution is -2.61. The van der Waals surface area contributed by atoms with Gasteiger partial charge in [0.1, 0.15) is 5.01 Å². The van der Waals surface area contributed by atoms with Crippen LogP contribution in [0.5, 0.6) is 0 Å². The van der Waals surface area contributed by atoms with Crippen LogP contribution in [0, 0.1) is 5.41 Å². The van der Waals surface area contributed by atoms with Crippen LogP contribution in [0.3, 0.4) is 0 Å². The van der Waals surface area contributed by atoms with Gasteiger partial charge in [-0.15, -0.1) is 10.2 Å². The van der Waals surface area contributed by atoms with Crippen LogP contribution in [0.2, 0.25) is 0 Å². The minimum Gasteiger partial charge on any atom is -0.393 e. The third-order valence-electron chi connectivity index (χ3n) is 5.78. The fourth-order valence-corrected chi connectivity index (χ4v) is 5.59. The second-order valence-corrected chi connectivity index (χ2v) is 10.7. The molecule has 3 rings (SSSR count). The van der Waals surface area contributed by atoms with E-state index >= 15 is 0 Å². The zero-order valence-electron chi connectivity index (χ0n) is 19.8. The van der Waals surface area contributed by atoms with E-state index in [1.54, 1.807) is 13.1 Å². The van der Waals surface area contributed by atoms with Crippen LogP contribution in [0.25, 0.3) is 16.1 Å². The number of aromatic nitrogens is 2. The molecule has 10 heteroatoms. The van der Waals surface area contributed by atoms with Gasteiger partial charge in [0.05, 0.1) is 5.56 Å². The minimum atomic E-state index is -4.57. The first-order valence-electron chi connectivity index (χ1n) is 10.7. The second-order valence-electron chi connectivity index (χ2n) is 9.75. The van der Waals surface area contributed by atoms with Crippen LogP contribution in [0.4, 0.5) is 18.3 Å². The van der Waals surface area contributed by atoms with Gasteiger partial charge in [-0.1, -0.05) is 23.5 Å². The maximum absolute atomic E-state index is 13.9. The third-order valence-corrected chi connectivity index (χ3v) is 6.82. The van der Waals surface area contributed by atoms with Gasteiger partial charge < -0.3 is 20.9 Å². The Bertz CT molecular complexity index is 1030. The van der Waals surface area contributed by atoms with Gasteiger partial charge >= 0.3 is 6.18 Å². The molecule has 1 aromatic carbocycles. The number of benzene rings is 1. The molecule has 6 nitrogen and oxygen atoms in total. The molecule has 0 bridgehead atoms. The number of halogens is 3. The molecule has 1 aromatic heterocycles. The van der Waals surface area contributed by atoms with Crippen LogP contribution in [-0.2, 0) is 6.18 Å². The van der Waals surface area contributed by atoms with Crippen LogP contribution in [-0.4, -0.2) is 47.6 Å². The van der Waals surface area contributed by atoms with Crippen molar-refractivity contribution in [2.45, 2.75) is 63.8 Å². The fraction of sp³-hybridized carbons (Fsp3) is 0.522. The van der Waals surface area contributed by atoms with Gasteiger partial charge in [0, 0.05) is 54.8 Å². The first-order chi connectivity index (χ1) is 15.3. The van der Waals surface area contributed by atoms with E-state index in [2.05, 4.69) is 48.5 Å². The molecule has 180 valence electrons. The Kier molecular flexibility index (Phi) is 6.91. The number of alkyl halides is 3. The first kappa shape index (κ1) is 25.2. The Morgan fingerprint density at radius 2 is 1.85 bits per heavy atom. The van der Waals surface area contributed by atoms with Gasteiger partial charge in [-0.05, 0) is 52.2 Å². The Labute approximate surface area is 196 Å². The monoisotopic (exact) mass is 480 g/mol. The number of rotatable bonds is 6. The molecular weight excluding hydrogens is 449 g/mol. The molecule has 1 aliphatic heterocycles. The highest BCUT2D eigenvalue weighted by atomic mass is 32.1. The number of allylic oxidation sites excluding steroid dienone is 1. The summed E-state index contributed by atoms with van der Waals surface area (Å²) < 4.78 is 41.8. The summed E-state index contributed by atoms with van der Waals surface area (Å²) in [7, 11) is 3.56. The Hall–Kier alpha value is -2.46. The van der Waals surface area contributed by atoms with Gasteiger partial charge in [-0.3, -0.25) is 0 Å². The van der Waals surface area contributed by atoms with E-state index < -0.39 is 11.7 Å². The van der Waals surface area contributed by atoms with E-state index in [1.165, 1.54) is 12.3 Å².